The number of anilines is 1. The summed E-state index contributed by atoms with van der Waals surface area (Å²) >= 11 is 5.82. The number of rotatable bonds is 2. The van der Waals surface area contributed by atoms with Crippen molar-refractivity contribution in [2.45, 2.75) is 0 Å². The Morgan fingerprint density at radius 2 is 1.90 bits per heavy atom. The van der Waals surface area contributed by atoms with Crippen LogP contribution < -0.4 is 5.32 Å². The minimum atomic E-state index is -0.353. The average Bonchev–Trinajstić information content (AvgIpc) is 2.49. The number of hydrogen-bond donors (Lipinski definition) is 1. The Morgan fingerprint density at radius 1 is 1.10 bits per heavy atom. The summed E-state index contributed by atoms with van der Waals surface area (Å²) in [6, 6.07) is 14.9. The van der Waals surface area contributed by atoms with Gasteiger partial charge in [-0.15, -0.1) is 0 Å². The molecule has 0 radical (unpaired) electrons. The van der Waals surface area contributed by atoms with E-state index in [1.54, 1.807) is 30.3 Å². The first kappa shape index (κ1) is 13.6. The Kier molecular flexibility index (Phi) is 4.00. The van der Waals surface area contributed by atoms with Crippen LogP contribution in [0.2, 0.25) is 5.02 Å². The topological polar surface area (TPSA) is 76.7 Å². The second-order valence-corrected chi connectivity index (χ2v) is 4.36. The molecule has 0 aliphatic rings. The van der Waals surface area contributed by atoms with Crippen molar-refractivity contribution in [3.8, 4) is 12.1 Å². The van der Waals surface area contributed by atoms with Gasteiger partial charge in [-0.1, -0.05) is 17.7 Å². The van der Waals surface area contributed by atoms with E-state index in [9.17, 15) is 4.79 Å². The van der Waals surface area contributed by atoms with Crippen LogP contribution in [0, 0.1) is 22.7 Å². The Morgan fingerprint density at radius 3 is 2.60 bits per heavy atom. The van der Waals surface area contributed by atoms with E-state index >= 15 is 0 Å². The van der Waals surface area contributed by atoms with Crippen LogP contribution in [0.5, 0.6) is 0 Å². The lowest BCUT2D eigenvalue weighted by Crippen LogP contribution is -2.12. The lowest BCUT2D eigenvalue weighted by atomic mass is 10.1. The Bertz CT molecular complexity index is 756. The van der Waals surface area contributed by atoms with E-state index in [1.165, 1.54) is 12.1 Å². The van der Waals surface area contributed by atoms with Crippen molar-refractivity contribution in [3.63, 3.8) is 0 Å². The molecule has 0 aliphatic carbocycles. The molecule has 0 atom stereocenters. The van der Waals surface area contributed by atoms with Crippen LogP contribution in [0.25, 0.3) is 0 Å². The largest absolute Gasteiger partial charge is 0.322 e. The Balaban J connectivity index is 2.24. The Labute approximate surface area is 120 Å². The van der Waals surface area contributed by atoms with E-state index in [0.717, 1.165) is 0 Å². The van der Waals surface area contributed by atoms with Crippen molar-refractivity contribution in [1.82, 2.24) is 0 Å². The number of amides is 1. The maximum absolute atomic E-state index is 12.0. The van der Waals surface area contributed by atoms with Gasteiger partial charge in [-0.25, -0.2) is 0 Å². The molecule has 1 amide bonds. The van der Waals surface area contributed by atoms with E-state index in [4.69, 9.17) is 22.1 Å². The molecule has 5 heteroatoms. The zero-order valence-electron chi connectivity index (χ0n) is 10.2. The van der Waals surface area contributed by atoms with E-state index in [1.807, 2.05) is 12.1 Å². The minimum absolute atomic E-state index is 0.287. The number of halogens is 1. The highest BCUT2D eigenvalue weighted by molar-refractivity contribution is 6.31. The molecule has 0 aliphatic heterocycles. The molecule has 4 nitrogen and oxygen atoms in total. The summed E-state index contributed by atoms with van der Waals surface area (Å²) in [7, 11) is 0. The average molecular weight is 282 g/mol. The second kappa shape index (κ2) is 5.88. The highest BCUT2D eigenvalue weighted by Crippen LogP contribution is 2.20. The summed E-state index contributed by atoms with van der Waals surface area (Å²) in [4.78, 5) is 12.0. The number of nitrogens with zero attached hydrogens (tertiary/aromatic N) is 2. The van der Waals surface area contributed by atoms with Gasteiger partial charge in [0.05, 0.1) is 22.2 Å². The Hall–Kier alpha value is -2.82. The van der Waals surface area contributed by atoms with Crippen LogP contribution >= 0.6 is 11.6 Å². The fraction of sp³-hybridized carbons (Fsp3) is 0. The van der Waals surface area contributed by atoms with E-state index in [0.29, 0.717) is 21.8 Å². The van der Waals surface area contributed by atoms with E-state index in [-0.39, 0.29) is 11.5 Å². The zero-order chi connectivity index (χ0) is 14.5. The number of benzene rings is 2. The smallest absolute Gasteiger partial charge is 0.255 e. The molecule has 20 heavy (non-hydrogen) atoms. The third-order valence-corrected chi connectivity index (χ3v) is 2.93. The van der Waals surface area contributed by atoms with Crippen LogP contribution in [0.3, 0.4) is 0 Å². The van der Waals surface area contributed by atoms with Crippen molar-refractivity contribution in [2.75, 3.05) is 5.32 Å². The van der Waals surface area contributed by atoms with Gasteiger partial charge in [0.2, 0.25) is 0 Å². The van der Waals surface area contributed by atoms with Crippen LogP contribution in [0.1, 0.15) is 21.5 Å². The van der Waals surface area contributed by atoms with Crippen LogP contribution in [-0.4, -0.2) is 5.91 Å². The molecule has 2 rings (SSSR count). The number of carbonyl (C=O) groups is 1. The van der Waals surface area contributed by atoms with Gasteiger partial charge < -0.3 is 5.32 Å². The minimum Gasteiger partial charge on any atom is -0.322 e. The normalized spacial score (nSPS) is 9.35. The maximum Gasteiger partial charge on any atom is 0.255 e. The second-order valence-electron chi connectivity index (χ2n) is 3.95. The molecule has 96 valence electrons. The molecule has 0 bridgehead atoms. The number of hydrogen-bond acceptors (Lipinski definition) is 3. The van der Waals surface area contributed by atoms with Gasteiger partial charge in [0, 0.05) is 11.3 Å². The molecular weight excluding hydrogens is 274 g/mol. The maximum atomic E-state index is 12.0. The van der Waals surface area contributed by atoms with Gasteiger partial charge in [0.1, 0.15) is 6.07 Å². The van der Waals surface area contributed by atoms with Gasteiger partial charge in [0.15, 0.2) is 0 Å². The molecule has 1 N–H and O–H groups in total. The fourth-order valence-electron chi connectivity index (χ4n) is 1.62. The van der Waals surface area contributed by atoms with Gasteiger partial charge in [-0.3, -0.25) is 4.79 Å². The summed E-state index contributed by atoms with van der Waals surface area (Å²) in [6.07, 6.45) is 0. The lowest BCUT2D eigenvalue weighted by molar-refractivity contribution is 0.102. The molecule has 0 aromatic heterocycles. The first-order chi connectivity index (χ1) is 9.63. The van der Waals surface area contributed by atoms with Crippen LogP contribution in [0.4, 0.5) is 5.69 Å². The molecule has 0 fully saturated rings. The molecular formula is C15H8ClN3O. The number of carbonyl (C=O) groups excluding carboxylic acids is 1. The van der Waals surface area contributed by atoms with E-state index in [2.05, 4.69) is 5.32 Å². The van der Waals surface area contributed by atoms with Crippen molar-refractivity contribution in [1.29, 1.82) is 10.5 Å². The monoisotopic (exact) mass is 281 g/mol. The zero-order valence-corrected chi connectivity index (χ0v) is 11.0. The predicted octanol–water partition coefficient (Wildman–Crippen LogP) is 3.34. The summed E-state index contributed by atoms with van der Waals surface area (Å²) in [5, 5.41) is 20.7. The van der Waals surface area contributed by atoms with E-state index < -0.39 is 0 Å². The third-order valence-electron chi connectivity index (χ3n) is 2.60. The van der Waals surface area contributed by atoms with Gasteiger partial charge in [0.25, 0.3) is 5.91 Å². The van der Waals surface area contributed by atoms with Crippen molar-refractivity contribution in [2.24, 2.45) is 0 Å². The quantitative estimate of drug-likeness (QED) is 0.917. The summed E-state index contributed by atoms with van der Waals surface area (Å²) in [6.45, 7) is 0. The van der Waals surface area contributed by atoms with Crippen molar-refractivity contribution < 1.29 is 4.79 Å². The fourth-order valence-corrected chi connectivity index (χ4v) is 1.78. The van der Waals surface area contributed by atoms with Crippen molar-refractivity contribution in [3.05, 3.63) is 64.2 Å². The molecule has 0 saturated carbocycles. The van der Waals surface area contributed by atoms with Gasteiger partial charge in [-0.05, 0) is 36.4 Å². The molecule has 0 saturated heterocycles. The first-order valence-corrected chi connectivity index (χ1v) is 6.03. The number of nitrogens with one attached hydrogen (secondary N) is 1. The highest BCUT2D eigenvalue weighted by Gasteiger charge is 2.08. The molecule has 0 heterocycles. The standard InChI is InChI=1S/C15H8ClN3O/c16-14-5-4-13(7-12(14)9-18)19-15(20)11-3-1-2-10(6-11)8-17/h1-7H,(H,19,20). The summed E-state index contributed by atoms with van der Waals surface area (Å²) in [5.41, 5.74) is 1.54. The third kappa shape index (κ3) is 2.95. The molecule has 0 spiro atoms. The highest BCUT2D eigenvalue weighted by atomic mass is 35.5. The SMILES string of the molecule is N#Cc1cccc(C(=O)Nc2ccc(Cl)c(C#N)c2)c1. The van der Waals surface area contributed by atoms with Crippen LogP contribution in [0.15, 0.2) is 42.5 Å². The molecule has 0 unspecified atom stereocenters. The van der Waals surface area contributed by atoms with Crippen LogP contribution in [-0.2, 0) is 0 Å². The van der Waals surface area contributed by atoms with Crippen molar-refractivity contribution >= 4 is 23.2 Å². The van der Waals surface area contributed by atoms with Gasteiger partial charge in [-0.2, -0.15) is 10.5 Å². The lowest BCUT2D eigenvalue weighted by Gasteiger charge is -2.06. The molecule has 2 aromatic carbocycles. The molecule has 2 aromatic rings. The number of nitriles is 2. The predicted molar refractivity (Wildman–Crippen MR) is 75.3 cm³/mol. The summed E-state index contributed by atoms with van der Waals surface area (Å²) < 4.78 is 0. The first-order valence-electron chi connectivity index (χ1n) is 5.65. The van der Waals surface area contributed by atoms with Gasteiger partial charge >= 0.3 is 0 Å². The summed E-state index contributed by atoms with van der Waals surface area (Å²) in [5.74, 6) is -0.353.